The maximum Gasteiger partial charge on any atom is 0.0566 e. The molecule has 0 aliphatic carbocycles. The van der Waals surface area contributed by atoms with Gasteiger partial charge in [0.25, 0.3) is 0 Å². The van der Waals surface area contributed by atoms with E-state index in [4.69, 9.17) is 0 Å². The maximum atomic E-state index is 9.53. The topological polar surface area (TPSA) is 20.2 Å². The van der Waals surface area contributed by atoms with Crippen molar-refractivity contribution >= 4 is 11.3 Å². The largest absolute Gasteiger partial charge is 0.393 e. The Labute approximate surface area is 78.1 Å². The van der Waals surface area contributed by atoms with Crippen molar-refractivity contribution in [1.82, 2.24) is 0 Å². The second-order valence-electron chi connectivity index (χ2n) is 3.24. The number of aliphatic hydroxyl groups is 1. The molecular weight excluding hydrogens is 168 g/mol. The highest BCUT2D eigenvalue weighted by atomic mass is 32.1. The Morgan fingerprint density at radius 3 is 2.83 bits per heavy atom. The van der Waals surface area contributed by atoms with Crippen LogP contribution in [0, 0.1) is 5.92 Å². The zero-order valence-corrected chi connectivity index (χ0v) is 8.47. The molecule has 1 rings (SSSR count). The molecule has 2 atom stereocenters. The SMILES string of the molecule is CCC(O)C(C)Cc1cccs1. The average Bonchev–Trinajstić information content (AvgIpc) is 2.55. The molecule has 2 heteroatoms. The first-order chi connectivity index (χ1) is 5.74. The molecule has 1 N–H and O–H groups in total. The quantitative estimate of drug-likeness (QED) is 0.762. The van der Waals surface area contributed by atoms with Crippen molar-refractivity contribution in [2.24, 2.45) is 5.92 Å². The summed E-state index contributed by atoms with van der Waals surface area (Å²) < 4.78 is 0. The second kappa shape index (κ2) is 4.63. The average molecular weight is 184 g/mol. The van der Waals surface area contributed by atoms with Crippen molar-refractivity contribution < 1.29 is 5.11 Å². The summed E-state index contributed by atoms with van der Waals surface area (Å²) in [4.78, 5) is 1.37. The van der Waals surface area contributed by atoms with Crippen molar-refractivity contribution in [3.05, 3.63) is 22.4 Å². The molecule has 0 amide bonds. The van der Waals surface area contributed by atoms with Crippen molar-refractivity contribution in [2.75, 3.05) is 0 Å². The maximum absolute atomic E-state index is 9.53. The summed E-state index contributed by atoms with van der Waals surface area (Å²) in [6.45, 7) is 4.13. The van der Waals surface area contributed by atoms with Crippen LogP contribution in [0.2, 0.25) is 0 Å². The summed E-state index contributed by atoms with van der Waals surface area (Å²) in [6.07, 6.45) is 1.71. The lowest BCUT2D eigenvalue weighted by molar-refractivity contribution is 0.113. The van der Waals surface area contributed by atoms with Gasteiger partial charge in [0.2, 0.25) is 0 Å². The Balaban J connectivity index is 2.41. The van der Waals surface area contributed by atoms with Gasteiger partial charge in [-0.3, -0.25) is 0 Å². The molecule has 68 valence electrons. The number of hydrogen-bond donors (Lipinski definition) is 1. The van der Waals surface area contributed by atoms with Crippen molar-refractivity contribution in [2.45, 2.75) is 32.8 Å². The molecule has 0 aliphatic rings. The van der Waals surface area contributed by atoms with Crippen LogP contribution < -0.4 is 0 Å². The molecule has 0 bridgehead atoms. The first kappa shape index (κ1) is 9.75. The zero-order valence-electron chi connectivity index (χ0n) is 7.66. The fourth-order valence-corrected chi connectivity index (χ4v) is 2.13. The monoisotopic (exact) mass is 184 g/mol. The molecule has 1 heterocycles. The van der Waals surface area contributed by atoms with Crippen LogP contribution >= 0.6 is 11.3 Å². The van der Waals surface area contributed by atoms with Crippen molar-refractivity contribution in [1.29, 1.82) is 0 Å². The van der Waals surface area contributed by atoms with E-state index in [0.717, 1.165) is 12.8 Å². The molecule has 0 saturated heterocycles. The van der Waals surface area contributed by atoms with Crippen LogP contribution in [-0.2, 0) is 6.42 Å². The fraction of sp³-hybridized carbons (Fsp3) is 0.600. The molecule has 0 aromatic carbocycles. The van der Waals surface area contributed by atoms with Gasteiger partial charge in [0.05, 0.1) is 6.10 Å². The van der Waals surface area contributed by atoms with Gasteiger partial charge in [-0.15, -0.1) is 11.3 Å². The van der Waals surface area contributed by atoms with Gasteiger partial charge in [-0.1, -0.05) is 19.9 Å². The lowest BCUT2D eigenvalue weighted by Gasteiger charge is -2.15. The van der Waals surface area contributed by atoms with E-state index in [1.54, 1.807) is 11.3 Å². The highest BCUT2D eigenvalue weighted by Crippen LogP contribution is 2.17. The fourth-order valence-electron chi connectivity index (χ4n) is 1.28. The minimum atomic E-state index is -0.146. The first-order valence-electron chi connectivity index (χ1n) is 4.44. The van der Waals surface area contributed by atoms with Gasteiger partial charge < -0.3 is 5.11 Å². The smallest absolute Gasteiger partial charge is 0.0566 e. The van der Waals surface area contributed by atoms with E-state index in [-0.39, 0.29) is 6.10 Å². The normalized spacial score (nSPS) is 15.9. The molecule has 0 radical (unpaired) electrons. The molecular formula is C10H16OS. The minimum absolute atomic E-state index is 0.146. The van der Waals surface area contributed by atoms with E-state index in [2.05, 4.69) is 24.4 Å². The number of hydrogen-bond acceptors (Lipinski definition) is 2. The Morgan fingerprint density at radius 1 is 1.58 bits per heavy atom. The molecule has 1 aromatic heterocycles. The van der Waals surface area contributed by atoms with E-state index < -0.39 is 0 Å². The van der Waals surface area contributed by atoms with Crippen LogP contribution in [0.25, 0.3) is 0 Å². The Bertz CT molecular complexity index is 206. The molecule has 12 heavy (non-hydrogen) atoms. The molecule has 2 unspecified atom stereocenters. The van der Waals surface area contributed by atoms with Crippen molar-refractivity contribution in [3.63, 3.8) is 0 Å². The van der Waals surface area contributed by atoms with Gasteiger partial charge in [-0.2, -0.15) is 0 Å². The van der Waals surface area contributed by atoms with E-state index >= 15 is 0 Å². The van der Waals surface area contributed by atoms with E-state index in [1.165, 1.54) is 4.88 Å². The molecule has 0 spiro atoms. The summed E-state index contributed by atoms with van der Waals surface area (Å²) >= 11 is 1.77. The van der Waals surface area contributed by atoms with Crippen LogP contribution in [0.1, 0.15) is 25.1 Å². The van der Waals surface area contributed by atoms with Gasteiger partial charge in [0.15, 0.2) is 0 Å². The molecule has 0 saturated carbocycles. The standard InChI is InChI=1S/C10H16OS/c1-3-10(11)8(2)7-9-5-4-6-12-9/h4-6,8,10-11H,3,7H2,1-2H3. The summed E-state index contributed by atoms with van der Waals surface area (Å²) in [5.74, 6) is 0.383. The van der Waals surface area contributed by atoms with Crippen molar-refractivity contribution in [3.8, 4) is 0 Å². The number of rotatable bonds is 4. The van der Waals surface area contributed by atoms with Gasteiger partial charge in [0.1, 0.15) is 0 Å². The summed E-state index contributed by atoms with van der Waals surface area (Å²) in [5, 5.41) is 11.6. The molecule has 0 aliphatic heterocycles. The number of thiophene rings is 1. The van der Waals surface area contributed by atoms with Crippen LogP contribution in [-0.4, -0.2) is 11.2 Å². The Morgan fingerprint density at radius 2 is 2.33 bits per heavy atom. The highest BCUT2D eigenvalue weighted by molar-refractivity contribution is 7.09. The first-order valence-corrected chi connectivity index (χ1v) is 5.32. The zero-order chi connectivity index (χ0) is 8.97. The van der Waals surface area contributed by atoms with Crippen LogP contribution in [0.4, 0.5) is 0 Å². The predicted molar refractivity (Wildman–Crippen MR) is 53.5 cm³/mol. The summed E-state index contributed by atoms with van der Waals surface area (Å²) in [7, 11) is 0. The van der Waals surface area contributed by atoms with E-state index in [9.17, 15) is 5.11 Å². The predicted octanol–water partition coefficient (Wildman–Crippen LogP) is 2.70. The van der Waals surface area contributed by atoms with Crippen LogP contribution in [0.3, 0.4) is 0 Å². The molecule has 1 aromatic rings. The Kier molecular flexibility index (Phi) is 3.76. The third-order valence-corrected chi connectivity index (χ3v) is 3.08. The molecule has 1 nitrogen and oxygen atoms in total. The Hall–Kier alpha value is -0.340. The lowest BCUT2D eigenvalue weighted by Crippen LogP contribution is -2.17. The lowest BCUT2D eigenvalue weighted by atomic mass is 9.98. The summed E-state index contributed by atoms with van der Waals surface area (Å²) in [5.41, 5.74) is 0. The second-order valence-corrected chi connectivity index (χ2v) is 4.27. The summed E-state index contributed by atoms with van der Waals surface area (Å²) in [6, 6.07) is 4.19. The third kappa shape index (κ3) is 2.61. The van der Waals surface area contributed by atoms with Crippen LogP contribution in [0.5, 0.6) is 0 Å². The van der Waals surface area contributed by atoms with Gasteiger partial charge >= 0.3 is 0 Å². The minimum Gasteiger partial charge on any atom is -0.393 e. The van der Waals surface area contributed by atoms with Gasteiger partial charge in [-0.25, -0.2) is 0 Å². The number of aliphatic hydroxyl groups excluding tert-OH is 1. The van der Waals surface area contributed by atoms with Gasteiger partial charge in [-0.05, 0) is 30.2 Å². The van der Waals surface area contributed by atoms with Gasteiger partial charge in [0, 0.05) is 4.88 Å². The van der Waals surface area contributed by atoms with Crippen LogP contribution in [0.15, 0.2) is 17.5 Å². The highest BCUT2D eigenvalue weighted by Gasteiger charge is 2.12. The molecule has 0 fully saturated rings. The van der Waals surface area contributed by atoms with E-state index in [1.807, 2.05) is 6.92 Å². The third-order valence-electron chi connectivity index (χ3n) is 2.18. The van der Waals surface area contributed by atoms with E-state index in [0.29, 0.717) is 5.92 Å².